The summed E-state index contributed by atoms with van der Waals surface area (Å²) in [4.78, 5) is 25.2. The molecule has 5 nitrogen and oxygen atoms in total. The zero-order valence-electron chi connectivity index (χ0n) is 13.3. The third-order valence-corrected chi connectivity index (χ3v) is 4.77. The van der Waals surface area contributed by atoms with Crippen LogP contribution in [0.15, 0.2) is 47.3 Å². The highest BCUT2D eigenvalue weighted by molar-refractivity contribution is 6.30. The normalized spacial score (nSPS) is 13.0. The Morgan fingerprint density at radius 3 is 2.68 bits per heavy atom. The van der Waals surface area contributed by atoms with Crippen LogP contribution in [0.25, 0.3) is 10.9 Å². The summed E-state index contributed by atoms with van der Waals surface area (Å²) < 4.78 is 1.63. The molecule has 1 amide bonds. The van der Waals surface area contributed by atoms with Crippen LogP contribution in [0.2, 0.25) is 5.02 Å². The molecule has 0 aliphatic carbocycles. The molecule has 1 aromatic heterocycles. The van der Waals surface area contributed by atoms with Crippen molar-refractivity contribution in [1.29, 1.82) is 0 Å². The minimum Gasteiger partial charge on any atom is -0.505 e. The van der Waals surface area contributed by atoms with Crippen LogP contribution in [0.3, 0.4) is 0 Å². The summed E-state index contributed by atoms with van der Waals surface area (Å²) in [6, 6.07) is 11.9. The maximum atomic E-state index is 12.8. The monoisotopic (exact) mass is 354 g/mol. The first-order chi connectivity index (χ1) is 12.1. The van der Waals surface area contributed by atoms with Gasteiger partial charge in [-0.15, -0.1) is 0 Å². The lowest BCUT2D eigenvalue weighted by atomic mass is 10.0. The molecule has 0 unspecified atom stereocenters. The van der Waals surface area contributed by atoms with Crippen molar-refractivity contribution in [3.05, 3.63) is 69.0 Å². The summed E-state index contributed by atoms with van der Waals surface area (Å²) in [5.74, 6) is -0.662. The Balaban J connectivity index is 1.84. The first-order valence-electron chi connectivity index (χ1n) is 8.00. The van der Waals surface area contributed by atoms with Crippen LogP contribution in [-0.4, -0.2) is 15.6 Å². The second kappa shape index (κ2) is 5.93. The Bertz CT molecular complexity index is 1050. The van der Waals surface area contributed by atoms with Gasteiger partial charge in [-0.3, -0.25) is 9.59 Å². The van der Waals surface area contributed by atoms with Crippen LogP contribution in [0.4, 0.5) is 5.69 Å². The van der Waals surface area contributed by atoms with Crippen molar-refractivity contribution in [1.82, 2.24) is 4.57 Å². The Morgan fingerprint density at radius 1 is 1.16 bits per heavy atom. The average Bonchev–Trinajstić information content (AvgIpc) is 2.63. The molecule has 0 atom stereocenters. The van der Waals surface area contributed by atoms with E-state index in [0.717, 1.165) is 23.9 Å². The molecule has 2 N–H and O–H groups in total. The maximum absolute atomic E-state index is 12.8. The van der Waals surface area contributed by atoms with Crippen molar-refractivity contribution >= 4 is 34.1 Å². The molecule has 25 heavy (non-hydrogen) atoms. The van der Waals surface area contributed by atoms with E-state index in [1.54, 1.807) is 34.9 Å². The number of aryl methyl sites for hydroxylation is 2. The molecule has 2 aromatic carbocycles. The Kier molecular flexibility index (Phi) is 3.73. The number of carbonyl (C=O) groups is 1. The predicted molar refractivity (Wildman–Crippen MR) is 97.6 cm³/mol. The smallest absolute Gasteiger partial charge is 0.278 e. The van der Waals surface area contributed by atoms with E-state index in [1.165, 1.54) is 0 Å². The van der Waals surface area contributed by atoms with Gasteiger partial charge in [0, 0.05) is 22.5 Å². The molecule has 126 valence electrons. The van der Waals surface area contributed by atoms with Crippen molar-refractivity contribution in [3.63, 3.8) is 0 Å². The molecule has 0 saturated heterocycles. The number of halogens is 1. The topological polar surface area (TPSA) is 71.3 Å². The van der Waals surface area contributed by atoms with E-state index in [4.69, 9.17) is 11.6 Å². The van der Waals surface area contributed by atoms with Gasteiger partial charge in [0.2, 0.25) is 0 Å². The summed E-state index contributed by atoms with van der Waals surface area (Å²) in [6.07, 6.45) is 1.72. The van der Waals surface area contributed by atoms with E-state index >= 15 is 0 Å². The van der Waals surface area contributed by atoms with Gasteiger partial charge in [-0.05, 0) is 48.7 Å². The van der Waals surface area contributed by atoms with E-state index in [0.29, 0.717) is 22.5 Å². The minimum absolute atomic E-state index is 0.0912. The lowest BCUT2D eigenvalue weighted by molar-refractivity contribution is 0.102. The van der Waals surface area contributed by atoms with Crippen molar-refractivity contribution < 1.29 is 9.90 Å². The molecule has 0 spiro atoms. The number of hydrogen-bond acceptors (Lipinski definition) is 3. The number of anilines is 1. The van der Waals surface area contributed by atoms with Gasteiger partial charge in [0.05, 0.1) is 5.52 Å². The number of amides is 1. The number of aromatic nitrogens is 1. The third-order valence-electron chi connectivity index (χ3n) is 4.51. The molecule has 3 aromatic rings. The number of nitrogens with zero attached hydrogens (tertiary/aromatic N) is 1. The number of pyridine rings is 1. The first-order valence-corrected chi connectivity index (χ1v) is 8.38. The van der Waals surface area contributed by atoms with Crippen molar-refractivity contribution in [2.75, 3.05) is 5.32 Å². The lowest BCUT2D eigenvalue weighted by Gasteiger charge is -2.21. The first kappa shape index (κ1) is 15.7. The number of aromatic hydroxyl groups is 1. The number of carbonyl (C=O) groups excluding carboxylic acids is 1. The van der Waals surface area contributed by atoms with Gasteiger partial charge in [0.25, 0.3) is 11.5 Å². The third kappa shape index (κ3) is 2.57. The molecule has 4 rings (SSSR count). The zero-order chi connectivity index (χ0) is 17.6. The van der Waals surface area contributed by atoms with Crippen LogP contribution < -0.4 is 10.9 Å². The van der Waals surface area contributed by atoms with Crippen molar-refractivity contribution in [2.45, 2.75) is 19.4 Å². The van der Waals surface area contributed by atoms with Gasteiger partial charge in [0.15, 0.2) is 11.4 Å². The lowest BCUT2D eigenvalue weighted by Crippen LogP contribution is -2.29. The summed E-state index contributed by atoms with van der Waals surface area (Å²) in [5.41, 5.74) is 1.66. The largest absolute Gasteiger partial charge is 0.505 e. The Morgan fingerprint density at radius 2 is 1.92 bits per heavy atom. The summed E-state index contributed by atoms with van der Waals surface area (Å²) in [7, 11) is 0. The van der Waals surface area contributed by atoms with Gasteiger partial charge in [0.1, 0.15) is 0 Å². The van der Waals surface area contributed by atoms with E-state index in [1.807, 2.05) is 12.1 Å². The van der Waals surface area contributed by atoms with Crippen LogP contribution in [0.1, 0.15) is 22.3 Å². The number of rotatable bonds is 2. The fourth-order valence-corrected chi connectivity index (χ4v) is 3.44. The standard InChI is InChI=1S/C19H15ClN2O3/c20-13-8-6-12(7-9-13)18(24)21-15-17(23)14-5-1-3-11-4-2-10-22(16(11)14)19(15)25/h1,3,5-9,23H,2,4,10H2,(H,21,24). The highest BCUT2D eigenvalue weighted by Crippen LogP contribution is 2.34. The summed E-state index contributed by atoms with van der Waals surface area (Å²) in [5, 5.41) is 14.2. The molecule has 2 heterocycles. The maximum Gasteiger partial charge on any atom is 0.278 e. The molecule has 1 aliphatic rings. The number of benzene rings is 2. The van der Waals surface area contributed by atoms with Crippen molar-refractivity contribution in [2.24, 2.45) is 0 Å². The van der Waals surface area contributed by atoms with Crippen molar-refractivity contribution in [3.8, 4) is 5.75 Å². The molecule has 1 aliphatic heterocycles. The number of hydrogen-bond donors (Lipinski definition) is 2. The van der Waals surface area contributed by atoms with E-state index in [2.05, 4.69) is 5.32 Å². The SMILES string of the molecule is O=C(Nc1c(O)c2cccc3c2n(c1=O)CCC3)c1ccc(Cl)cc1. The quantitative estimate of drug-likeness (QED) is 0.739. The molecule has 6 heteroatoms. The summed E-state index contributed by atoms with van der Waals surface area (Å²) in [6.45, 7) is 0.566. The fraction of sp³-hybridized carbons (Fsp3) is 0.158. The van der Waals surface area contributed by atoms with Crippen LogP contribution in [-0.2, 0) is 13.0 Å². The number of nitrogens with one attached hydrogen (secondary N) is 1. The minimum atomic E-state index is -0.469. The molecular weight excluding hydrogens is 340 g/mol. The van der Waals surface area contributed by atoms with Gasteiger partial charge in [-0.25, -0.2) is 0 Å². The average molecular weight is 355 g/mol. The van der Waals surface area contributed by atoms with Crippen LogP contribution >= 0.6 is 11.6 Å². The number of para-hydroxylation sites is 1. The molecular formula is C19H15ClN2O3. The molecule has 0 saturated carbocycles. The Labute approximate surface area is 148 Å². The van der Waals surface area contributed by atoms with E-state index < -0.39 is 5.91 Å². The van der Waals surface area contributed by atoms with Gasteiger partial charge in [-0.2, -0.15) is 0 Å². The van der Waals surface area contributed by atoms with Gasteiger partial charge >= 0.3 is 0 Å². The second-order valence-electron chi connectivity index (χ2n) is 6.06. The van der Waals surface area contributed by atoms with E-state index in [-0.39, 0.29) is 17.0 Å². The molecule has 0 radical (unpaired) electrons. The van der Waals surface area contributed by atoms with E-state index in [9.17, 15) is 14.7 Å². The highest BCUT2D eigenvalue weighted by atomic mass is 35.5. The zero-order valence-corrected chi connectivity index (χ0v) is 14.0. The van der Waals surface area contributed by atoms with Crippen LogP contribution in [0, 0.1) is 0 Å². The van der Waals surface area contributed by atoms with Gasteiger partial charge < -0.3 is 15.0 Å². The second-order valence-corrected chi connectivity index (χ2v) is 6.49. The fourth-order valence-electron chi connectivity index (χ4n) is 3.32. The molecule has 0 bridgehead atoms. The van der Waals surface area contributed by atoms with Crippen LogP contribution in [0.5, 0.6) is 5.75 Å². The highest BCUT2D eigenvalue weighted by Gasteiger charge is 2.22. The summed E-state index contributed by atoms with van der Waals surface area (Å²) >= 11 is 5.83. The van der Waals surface area contributed by atoms with Gasteiger partial charge in [-0.1, -0.05) is 23.7 Å². The predicted octanol–water partition coefficient (Wildman–Crippen LogP) is 3.56. The Hall–Kier alpha value is -2.79. The molecule has 0 fully saturated rings.